The molecule has 21 heavy (non-hydrogen) atoms. The van der Waals surface area contributed by atoms with Crippen molar-refractivity contribution in [1.29, 1.82) is 5.26 Å². The number of benzene rings is 1. The monoisotopic (exact) mass is 303 g/mol. The van der Waals surface area contributed by atoms with Crippen LogP contribution < -0.4 is 10.1 Å². The number of aromatic nitrogens is 1. The molecule has 110 valence electrons. The average molecular weight is 303 g/mol. The first kappa shape index (κ1) is 15.4. The molecule has 0 spiro atoms. The summed E-state index contributed by atoms with van der Waals surface area (Å²) in [5.74, 6) is 0.589. The Labute approximate surface area is 127 Å². The van der Waals surface area contributed by atoms with E-state index in [0.29, 0.717) is 24.4 Å². The molecule has 0 saturated carbocycles. The maximum absolute atomic E-state index is 9.86. The Bertz CT molecular complexity index is 621. The third kappa shape index (κ3) is 5.16. The van der Waals surface area contributed by atoms with E-state index < -0.39 is 6.10 Å². The molecule has 0 fully saturated rings. The standard InChI is InChI=1S/C15H17N3O2S/c1-11-18-9-15(21-11)8-17-7-13(19)10-20-14-4-2-3-12(5-14)6-16/h2-5,9,13,17,19H,7-8,10H2,1H3. The molecule has 0 aliphatic rings. The summed E-state index contributed by atoms with van der Waals surface area (Å²) in [6, 6.07) is 8.93. The number of aliphatic hydroxyl groups excluding tert-OH is 1. The molecule has 0 amide bonds. The van der Waals surface area contributed by atoms with Gasteiger partial charge in [0.15, 0.2) is 0 Å². The van der Waals surface area contributed by atoms with Crippen LogP contribution in [-0.2, 0) is 6.54 Å². The van der Waals surface area contributed by atoms with Gasteiger partial charge in [0.25, 0.3) is 0 Å². The second-order valence-electron chi connectivity index (χ2n) is 4.58. The number of aliphatic hydroxyl groups is 1. The molecule has 2 rings (SSSR count). The van der Waals surface area contributed by atoms with Gasteiger partial charge >= 0.3 is 0 Å². The Morgan fingerprint density at radius 1 is 1.52 bits per heavy atom. The summed E-state index contributed by atoms with van der Waals surface area (Å²) in [4.78, 5) is 5.31. The molecule has 2 aromatic rings. The van der Waals surface area contributed by atoms with Gasteiger partial charge in [-0.05, 0) is 25.1 Å². The van der Waals surface area contributed by atoms with Crippen molar-refractivity contribution in [3.05, 3.63) is 45.9 Å². The molecular weight excluding hydrogens is 286 g/mol. The average Bonchev–Trinajstić information content (AvgIpc) is 2.91. The third-order valence-corrected chi connectivity index (χ3v) is 3.67. The zero-order chi connectivity index (χ0) is 15.1. The molecule has 0 bridgehead atoms. The topological polar surface area (TPSA) is 78.2 Å². The minimum Gasteiger partial charge on any atom is -0.491 e. The van der Waals surface area contributed by atoms with Gasteiger partial charge in [0.05, 0.1) is 16.6 Å². The fourth-order valence-electron chi connectivity index (χ4n) is 1.76. The Morgan fingerprint density at radius 3 is 3.10 bits per heavy atom. The van der Waals surface area contributed by atoms with E-state index >= 15 is 0 Å². The number of hydrogen-bond donors (Lipinski definition) is 2. The van der Waals surface area contributed by atoms with E-state index in [1.165, 1.54) is 0 Å². The van der Waals surface area contributed by atoms with Gasteiger partial charge in [-0.2, -0.15) is 5.26 Å². The van der Waals surface area contributed by atoms with Crippen LogP contribution in [-0.4, -0.2) is 29.3 Å². The Hall–Kier alpha value is -1.94. The smallest absolute Gasteiger partial charge is 0.120 e. The lowest BCUT2D eigenvalue weighted by Gasteiger charge is -2.13. The van der Waals surface area contributed by atoms with Crippen LogP contribution in [0.5, 0.6) is 5.75 Å². The molecule has 0 saturated heterocycles. The van der Waals surface area contributed by atoms with Gasteiger partial charge in [-0.25, -0.2) is 4.98 Å². The van der Waals surface area contributed by atoms with Crippen molar-refractivity contribution in [2.45, 2.75) is 19.6 Å². The predicted octanol–water partition coefficient (Wildman–Crippen LogP) is 1.85. The van der Waals surface area contributed by atoms with E-state index in [-0.39, 0.29) is 6.61 Å². The van der Waals surface area contributed by atoms with Gasteiger partial charge in [0, 0.05) is 24.2 Å². The van der Waals surface area contributed by atoms with Crippen molar-refractivity contribution in [1.82, 2.24) is 10.3 Å². The summed E-state index contributed by atoms with van der Waals surface area (Å²) in [5, 5.41) is 22.8. The fourth-order valence-corrected chi connectivity index (χ4v) is 2.52. The second-order valence-corrected chi connectivity index (χ2v) is 5.90. The van der Waals surface area contributed by atoms with Gasteiger partial charge in [0.1, 0.15) is 18.5 Å². The quantitative estimate of drug-likeness (QED) is 0.816. The van der Waals surface area contributed by atoms with Crippen LogP contribution in [0.15, 0.2) is 30.5 Å². The second kappa shape index (κ2) is 7.74. The number of ether oxygens (including phenoxy) is 1. The molecule has 0 aliphatic carbocycles. The van der Waals surface area contributed by atoms with Crippen LogP contribution in [0.25, 0.3) is 0 Å². The normalized spacial score (nSPS) is 11.9. The predicted molar refractivity (Wildman–Crippen MR) is 81.2 cm³/mol. The summed E-state index contributed by atoms with van der Waals surface area (Å²) in [7, 11) is 0. The molecule has 6 heteroatoms. The molecule has 1 aromatic carbocycles. The molecule has 1 atom stereocenters. The fraction of sp³-hybridized carbons (Fsp3) is 0.333. The van der Waals surface area contributed by atoms with Crippen LogP contribution in [0, 0.1) is 18.3 Å². The lowest BCUT2D eigenvalue weighted by molar-refractivity contribution is 0.106. The molecule has 5 nitrogen and oxygen atoms in total. The van der Waals surface area contributed by atoms with Crippen LogP contribution in [0.1, 0.15) is 15.4 Å². The maximum Gasteiger partial charge on any atom is 0.120 e. The molecule has 1 aromatic heterocycles. The van der Waals surface area contributed by atoms with E-state index in [0.717, 1.165) is 9.88 Å². The number of rotatable bonds is 7. The summed E-state index contributed by atoms with van der Waals surface area (Å²) < 4.78 is 5.47. The number of nitrogens with zero attached hydrogens (tertiary/aromatic N) is 2. The van der Waals surface area contributed by atoms with Crippen LogP contribution in [0.2, 0.25) is 0 Å². The van der Waals surface area contributed by atoms with Gasteiger partial charge in [-0.15, -0.1) is 11.3 Å². The number of thiazole rings is 1. The minimum atomic E-state index is -0.607. The van der Waals surface area contributed by atoms with Crippen molar-refractivity contribution in [3.63, 3.8) is 0 Å². The molecule has 1 heterocycles. The molecule has 0 radical (unpaired) electrons. The van der Waals surface area contributed by atoms with Gasteiger partial charge in [0.2, 0.25) is 0 Å². The lowest BCUT2D eigenvalue weighted by atomic mass is 10.2. The number of nitrogens with one attached hydrogen (secondary N) is 1. The van der Waals surface area contributed by atoms with Gasteiger partial charge in [-0.1, -0.05) is 6.07 Å². The zero-order valence-electron chi connectivity index (χ0n) is 11.7. The summed E-state index contributed by atoms with van der Waals surface area (Å²) in [6.45, 7) is 3.27. The highest BCUT2D eigenvalue weighted by Gasteiger charge is 2.06. The summed E-state index contributed by atoms with van der Waals surface area (Å²) in [6.07, 6.45) is 1.23. The first-order valence-electron chi connectivity index (χ1n) is 6.60. The van der Waals surface area contributed by atoms with Crippen LogP contribution in [0.4, 0.5) is 0 Å². The van der Waals surface area contributed by atoms with Crippen molar-refractivity contribution < 1.29 is 9.84 Å². The first-order valence-corrected chi connectivity index (χ1v) is 7.42. The largest absolute Gasteiger partial charge is 0.491 e. The zero-order valence-corrected chi connectivity index (χ0v) is 12.6. The van der Waals surface area contributed by atoms with E-state index in [1.54, 1.807) is 35.6 Å². The summed E-state index contributed by atoms with van der Waals surface area (Å²) in [5.41, 5.74) is 0.542. The first-order chi connectivity index (χ1) is 10.2. The third-order valence-electron chi connectivity index (χ3n) is 2.75. The van der Waals surface area contributed by atoms with Crippen molar-refractivity contribution in [2.75, 3.05) is 13.2 Å². The maximum atomic E-state index is 9.86. The Kier molecular flexibility index (Phi) is 5.69. The lowest BCUT2D eigenvalue weighted by Crippen LogP contribution is -2.31. The highest BCUT2D eigenvalue weighted by Crippen LogP contribution is 2.13. The Morgan fingerprint density at radius 2 is 2.38 bits per heavy atom. The highest BCUT2D eigenvalue weighted by atomic mass is 32.1. The Balaban J connectivity index is 1.69. The number of aryl methyl sites for hydroxylation is 1. The van der Waals surface area contributed by atoms with Crippen molar-refractivity contribution in [3.8, 4) is 11.8 Å². The molecule has 2 N–H and O–H groups in total. The van der Waals surface area contributed by atoms with Gasteiger partial charge < -0.3 is 15.2 Å². The number of nitriles is 1. The van der Waals surface area contributed by atoms with Gasteiger partial charge in [-0.3, -0.25) is 0 Å². The van der Waals surface area contributed by atoms with E-state index in [1.807, 2.05) is 19.2 Å². The van der Waals surface area contributed by atoms with Crippen molar-refractivity contribution in [2.24, 2.45) is 0 Å². The molecular formula is C15H17N3O2S. The van der Waals surface area contributed by atoms with E-state index in [2.05, 4.69) is 10.3 Å². The summed E-state index contributed by atoms with van der Waals surface area (Å²) >= 11 is 1.64. The molecule has 1 unspecified atom stereocenters. The van der Waals surface area contributed by atoms with E-state index in [4.69, 9.17) is 10.00 Å². The van der Waals surface area contributed by atoms with E-state index in [9.17, 15) is 5.11 Å². The van der Waals surface area contributed by atoms with Crippen molar-refractivity contribution >= 4 is 11.3 Å². The SMILES string of the molecule is Cc1ncc(CNCC(O)COc2cccc(C#N)c2)s1. The van der Waals surface area contributed by atoms with Crippen LogP contribution >= 0.6 is 11.3 Å². The number of hydrogen-bond acceptors (Lipinski definition) is 6. The highest BCUT2D eigenvalue weighted by molar-refractivity contribution is 7.11. The minimum absolute atomic E-state index is 0.184. The van der Waals surface area contributed by atoms with Crippen LogP contribution in [0.3, 0.4) is 0 Å². The molecule has 0 aliphatic heterocycles.